The molecule has 0 aliphatic carbocycles. The molecule has 1 fully saturated rings. The van der Waals surface area contributed by atoms with Crippen LogP contribution in [-0.4, -0.2) is 18.4 Å². The molecule has 1 N–H and O–H groups in total. The molecule has 0 spiro atoms. The number of rotatable bonds is 5. The maximum absolute atomic E-state index is 12.9. The monoisotopic (exact) mass is 442 g/mol. The number of carbonyl (C=O) groups is 2. The predicted molar refractivity (Wildman–Crippen MR) is 118 cm³/mol. The van der Waals surface area contributed by atoms with Crippen LogP contribution in [0, 0.1) is 19.8 Å². The minimum absolute atomic E-state index is 0.0268. The number of hydrogen-bond acceptors (Lipinski definition) is 2. The fourth-order valence-corrected chi connectivity index (χ4v) is 4.15. The number of carbonyl (C=O) groups excluding carboxylic acids is 2. The first kappa shape index (κ1) is 20.6. The van der Waals surface area contributed by atoms with Gasteiger partial charge in [-0.2, -0.15) is 0 Å². The van der Waals surface area contributed by atoms with Gasteiger partial charge >= 0.3 is 0 Å². The second kappa shape index (κ2) is 8.48. The van der Waals surface area contributed by atoms with Gasteiger partial charge in [0.05, 0.1) is 5.92 Å². The van der Waals surface area contributed by atoms with Crippen LogP contribution in [0.25, 0.3) is 0 Å². The SMILES string of the molecule is CCc1cccc(CC)c1N1C[C@H](C(=O)Nc2cc(C)c(Br)c(C)c2)CC1=O. The molecule has 1 atom stereocenters. The van der Waals surface area contributed by atoms with E-state index in [0.29, 0.717) is 6.54 Å². The number of aryl methyl sites for hydroxylation is 4. The van der Waals surface area contributed by atoms with Crippen LogP contribution in [0.3, 0.4) is 0 Å². The average molecular weight is 443 g/mol. The molecule has 1 heterocycles. The van der Waals surface area contributed by atoms with Crippen molar-refractivity contribution in [3.8, 4) is 0 Å². The number of para-hydroxylation sites is 1. The first-order chi connectivity index (χ1) is 13.3. The Morgan fingerprint density at radius 3 is 2.25 bits per heavy atom. The first-order valence-corrected chi connectivity index (χ1v) is 10.6. The van der Waals surface area contributed by atoms with Crippen LogP contribution in [0.5, 0.6) is 0 Å². The Morgan fingerprint density at radius 2 is 1.71 bits per heavy atom. The quantitative estimate of drug-likeness (QED) is 0.692. The number of benzene rings is 2. The molecule has 5 heteroatoms. The van der Waals surface area contributed by atoms with Crippen molar-refractivity contribution >= 4 is 39.1 Å². The summed E-state index contributed by atoms with van der Waals surface area (Å²) in [5.74, 6) is -0.408. The highest BCUT2D eigenvalue weighted by atomic mass is 79.9. The Bertz CT molecular complexity index is 878. The van der Waals surface area contributed by atoms with E-state index in [1.165, 1.54) is 0 Å². The van der Waals surface area contributed by atoms with Gasteiger partial charge in [0.25, 0.3) is 0 Å². The Balaban J connectivity index is 1.81. The highest BCUT2D eigenvalue weighted by molar-refractivity contribution is 9.10. The third-order valence-corrected chi connectivity index (χ3v) is 6.69. The Morgan fingerprint density at radius 1 is 1.14 bits per heavy atom. The molecule has 2 amide bonds. The summed E-state index contributed by atoms with van der Waals surface area (Å²) >= 11 is 3.55. The Labute approximate surface area is 175 Å². The Hall–Kier alpha value is -2.14. The van der Waals surface area contributed by atoms with Gasteiger partial charge in [0, 0.05) is 28.8 Å². The molecule has 0 unspecified atom stereocenters. The highest BCUT2D eigenvalue weighted by Crippen LogP contribution is 2.33. The second-order valence-corrected chi connectivity index (χ2v) is 8.24. The summed E-state index contributed by atoms with van der Waals surface area (Å²) in [6, 6.07) is 10.1. The normalized spacial score (nSPS) is 16.5. The molecule has 148 valence electrons. The molecule has 4 nitrogen and oxygen atoms in total. The lowest BCUT2D eigenvalue weighted by atomic mass is 10.0. The smallest absolute Gasteiger partial charge is 0.229 e. The van der Waals surface area contributed by atoms with Crippen LogP contribution in [0.15, 0.2) is 34.8 Å². The maximum Gasteiger partial charge on any atom is 0.229 e. The lowest BCUT2D eigenvalue weighted by molar-refractivity contribution is -0.122. The largest absolute Gasteiger partial charge is 0.326 e. The molecule has 1 saturated heterocycles. The summed E-state index contributed by atoms with van der Waals surface area (Å²) in [5.41, 5.74) is 6.24. The topological polar surface area (TPSA) is 49.4 Å². The molecule has 1 aliphatic rings. The van der Waals surface area contributed by atoms with Gasteiger partial charge in [-0.15, -0.1) is 0 Å². The van der Waals surface area contributed by atoms with Crippen molar-refractivity contribution in [2.24, 2.45) is 5.92 Å². The molecule has 28 heavy (non-hydrogen) atoms. The lowest BCUT2D eigenvalue weighted by Crippen LogP contribution is -2.29. The van der Waals surface area contributed by atoms with Crippen LogP contribution in [0.4, 0.5) is 11.4 Å². The van der Waals surface area contributed by atoms with Crippen LogP contribution >= 0.6 is 15.9 Å². The minimum atomic E-state index is -0.341. The van der Waals surface area contributed by atoms with E-state index in [-0.39, 0.29) is 24.2 Å². The zero-order valence-corrected chi connectivity index (χ0v) is 18.5. The standard InChI is InChI=1S/C23H27BrN2O2/c1-5-16-8-7-9-17(6-2)22(16)26-13-18(12-20(26)27)23(28)25-19-10-14(3)21(24)15(4)11-19/h7-11,18H,5-6,12-13H2,1-4H3,(H,25,28)/t18-/m1/s1. The van der Waals surface area contributed by atoms with E-state index in [4.69, 9.17) is 0 Å². The number of hydrogen-bond donors (Lipinski definition) is 1. The van der Waals surface area contributed by atoms with Crippen LogP contribution in [0.2, 0.25) is 0 Å². The zero-order valence-electron chi connectivity index (χ0n) is 16.9. The summed E-state index contributed by atoms with van der Waals surface area (Å²) in [6.07, 6.45) is 1.98. The van der Waals surface area contributed by atoms with E-state index in [0.717, 1.165) is 50.9 Å². The molecular weight excluding hydrogens is 416 g/mol. The van der Waals surface area contributed by atoms with Crippen molar-refractivity contribution in [1.29, 1.82) is 0 Å². The van der Waals surface area contributed by atoms with E-state index in [1.54, 1.807) is 0 Å². The first-order valence-electron chi connectivity index (χ1n) is 9.84. The van der Waals surface area contributed by atoms with Gasteiger partial charge in [0.1, 0.15) is 0 Å². The third kappa shape index (κ3) is 4.00. The van der Waals surface area contributed by atoms with Gasteiger partial charge < -0.3 is 10.2 Å². The molecule has 2 aromatic rings. The van der Waals surface area contributed by atoms with Crippen molar-refractivity contribution in [3.05, 3.63) is 57.1 Å². The third-order valence-electron chi connectivity index (χ3n) is 5.43. The van der Waals surface area contributed by atoms with E-state index in [1.807, 2.05) is 36.9 Å². The summed E-state index contributed by atoms with van der Waals surface area (Å²) < 4.78 is 1.05. The van der Waals surface area contributed by atoms with E-state index in [2.05, 4.69) is 47.2 Å². The van der Waals surface area contributed by atoms with Crippen molar-refractivity contribution < 1.29 is 9.59 Å². The van der Waals surface area contributed by atoms with Crippen molar-refractivity contribution in [2.45, 2.75) is 47.0 Å². The molecule has 0 radical (unpaired) electrons. The van der Waals surface area contributed by atoms with Gasteiger partial charge in [0.15, 0.2) is 0 Å². The number of nitrogens with one attached hydrogen (secondary N) is 1. The fourth-order valence-electron chi connectivity index (χ4n) is 3.92. The average Bonchev–Trinajstić information content (AvgIpc) is 3.06. The van der Waals surface area contributed by atoms with Gasteiger partial charge in [-0.1, -0.05) is 48.0 Å². The predicted octanol–water partition coefficient (Wildman–Crippen LogP) is 5.18. The number of nitrogens with zero attached hydrogens (tertiary/aromatic N) is 1. The van der Waals surface area contributed by atoms with Crippen molar-refractivity contribution in [2.75, 3.05) is 16.8 Å². The van der Waals surface area contributed by atoms with Gasteiger partial charge in [-0.05, 0) is 61.1 Å². The van der Waals surface area contributed by atoms with Crippen molar-refractivity contribution in [1.82, 2.24) is 0 Å². The zero-order chi connectivity index (χ0) is 20.4. The molecule has 0 bridgehead atoms. The maximum atomic E-state index is 12.9. The van der Waals surface area contributed by atoms with Crippen LogP contribution < -0.4 is 10.2 Å². The van der Waals surface area contributed by atoms with Gasteiger partial charge in [-0.3, -0.25) is 9.59 Å². The van der Waals surface area contributed by atoms with Crippen LogP contribution in [0.1, 0.15) is 42.5 Å². The van der Waals surface area contributed by atoms with Gasteiger partial charge in [-0.25, -0.2) is 0 Å². The lowest BCUT2D eigenvalue weighted by Gasteiger charge is -2.23. The Kier molecular flexibility index (Phi) is 6.23. The van der Waals surface area contributed by atoms with E-state index in [9.17, 15) is 9.59 Å². The summed E-state index contributed by atoms with van der Waals surface area (Å²) in [5, 5.41) is 3.00. The molecular formula is C23H27BrN2O2. The van der Waals surface area contributed by atoms with Crippen molar-refractivity contribution in [3.63, 3.8) is 0 Å². The highest BCUT2D eigenvalue weighted by Gasteiger charge is 2.36. The number of amides is 2. The number of anilines is 2. The van der Waals surface area contributed by atoms with E-state index < -0.39 is 0 Å². The molecule has 3 rings (SSSR count). The van der Waals surface area contributed by atoms with Gasteiger partial charge in [0.2, 0.25) is 11.8 Å². The molecule has 1 aliphatic heterocycles. The number of halogens is 1. The second-order valence-electron chi connectivity index (χ2n) is 7.45. The molecule has 2 aromatic carbocycles. The molecule has 0 saturated carbocycles. The molecule has 0 aromatic heterocycles. The summed E-state index contributed by atoms with van der Waals surface area (Å²) in [6.45, 7) is 8.63. The summed E-state index contributed by atoms with van der Waals surface area (Å²) in [4.78, 5) is 27.4. The summed E-state index contributed by atoms with van der Waals surface area (Å²) in [7, 11) is 0. The van der Waals surface area contributed by atoms with Crippen LogP contribution in [-0.2, 0) is 22.4 Å². The minimum Gasteiger partial charge on any atom is -0.326 e. The fraction of sp³-hybridized carbons (Fsp3) is 0.391. The van der Waals surface area contributed by atoms with E-state index >= 15 is 0 Å².